The summed E-state index contributed by atoms with van der Waals surface area (Å²) >= 11 is 0. The summed E-state index contributed by atoms with van der Waals surface area (Å²) in [6.45, 7) is 4.62. The van der Waals surface area contributed by atoms with Crippen molar-refractivity contribution in [3.63, 3.8) is 0 Å². The van der Waals surface area contributed by atoms with Gasteiger partial charge < -0.3 is 33.8 Å². The largest absolute Gasteiger partial charge is 0.472 e. The molecule has 0 saturated heterocycles. The standard InChI is InChI=1S/C83H142O17P2/c1-5-9-13-17-21-25-29-33-36-38-41-45-48-52-56-60-64-68-81(86)94-74-79(100-83(88)70-66-62-58-54-50-46-42-39-37-34-30-26-22-18-14-10-6-2)76-98-102(91,92)96-72-77(84)71-95-101(89,90)97-75-78(99-82(87)69-65-61-57-53-49-43-32-28-24-20-16-12-8-4)73-93-80(85)67-63-59-55-51-47-44-40-35-31-27-23-19-15-11-7-3/h9,13,21,23,25,27-28,32-37,40-42,45-46,54,58,77-79,84H,5-8,10-12,14-20,22,24,26,29-31,38-39,43-44,47-53,55-57,59-76H2,1-4H3,(H,89,90)(H,91,92)/b13-9-,25-21-,27-23-,32-28-,36-33-,37-34-,40-35-,45-41-,46-42-,58-54-/t77?,78-,79-/m1/s1. The Labute approximate surface area is 619 Å². The minimum absolute atomic E-state index is 0.0153. The van der Waals surface area contributed by atoms with Gasteiger partial charge in [-0.1, -0.05) is 265 Å². The van der Waals surface area contributed by atoms with Gasteiger partial charge in [0.05, 0.1) is 26.4 Å². The number of hydrogen-bond acceptors (Lipinski definition) is 15. The molecule has 17 nitrogen and oxygen atoms in total. The van der Waals surface area contributed by atoms with Gasteiger partial charge in [-0.25, -0.2) is 9.13 Å². The molecule has 0 aliphatic rings. The third-order valence-electron chi connectivity index (χ3n) is 16.4. The molecule has 0 fully saturated rings. The van der Waals surface area contributed by atoms with E-state index >= 15 is 0 Å². The maximum atomic E-state index is 13.1. The average Bonchev–Trinajstić information content (AvgIpc) is 0.959. The summed E-state index contributed by atoms with van der Waals surface area (Å²) in [5.74, 6) is -2.28. The monoisotopic (exact) mass is 1470 g/mol. The van der Waals surface area contributed by atoms with Gasteiger partial charge in [-0.15, -0.1) is 0 Å². The Morgan fingerprint density at radius 3 is 0.863 bits per heavy atom. The van der Waals surface area contributed by atoms with E-state index in [1.54, 1.807) is 0 Å². The molecule has 0 spiro atoms. The Kier molecular flexibility index (Phi) is 71.4. The molecule has 0 rings (SSSR count). The van der Waals surface area contributed by atoms with E-state index in [1.807, 2.05) is 12.2 Å². The minimum atomic E-state index is -5.00. The maximum Gasteiger partial charge on any atom is 0.472 e. The molecule has 102 heavy (non-hydrogen) atoms. The molecule has 3 N–H and O–H groups in total. The normalized spacial score (nSPS) is 14.5. The van der Waals surface area contributed by atoms with Gasteiger partial charge in [-0.2, -0.15) is 0 Å². The molecule has 0 aromatic rings. The van der Waals surface area contributed by atoms with Crippen LogP contribution in [0.3, 0.4) is 0 Å². The molecular weight excluding hydrogens is 1330 g/mol. The van der Waals surface area contributed by atoms with E-state index in [0.717, 1.165) is 154 Å². The Bertz CT molecular complexity index is 2410. The van der Waals surface area contributed by atoms with E-state index in [0.29, 0.717) is 32.1 Å². The molecule has 0 aromatic heterocycles. The number of carbonyl (C=O) groups is 4. The first kappa shape index (κ1) is 97.5. The Balaban J connectivity index is 5.44. The Morgan fingerprint density at radius 2 is 0.520 bits per heavy atom. The van der Waals surface area contributed by atoms with Crippen molar-refractivity contribution in [1.29, 1.82) is 0 Å². The predicted octanol–water partition coefficient (Wildman–Crippen LogP) is 23.1. The number of allylic oxidation sites excluding steroid dienone is 20. The van der Waals surface area contributed by atoms with Crippen molar-refractivity contribution in [2.75, 3.05) is 39.6 Å². The fourth-order valence-electron chi connectivity index (χ4n) is 10.3. The molecule has 0 aliphatic heterocycles. The summed E-state index contributed by atoms with van der Waals surface area (Å²) in [6.07, 6.45) is 81.9. The van der Waals surface area contributed by atoms with Gasteiger partial charge in [-0.3, -0.25) is 37.3 Å². The summed E-state index contributed by atoms with van der Waals surface area (Å²) in [5.41, 5.74) is 0. The molecule has 19 heteroatoms. The molecule has 586 valence electrons. The number of aliphatic hydroxyl groups excluding tert-OH is 1. The van der Waals surface area contributed by atoms with Gasteiger partial charge in [0, 0.05) is 25.7 Å². The number of unbranched alkanes of at least 4 members (excludes halogenated alkanes) is 28. The highest BCUT2D eigenvalue weighted by atomic mass is 31.2. The van der Waals surface area contributed by atoms with Crippen molar-refractivity contribution in [3.8, 4) is 0 Å². The molecule has 0 amide bonds. The average molecular weight is 1470 g/mol. The summed E-state index contributed by atoms with van der Waals surface area (Å²) in [7, 11) is -9.99. The molecule has 3 unspecified atom stereocenters. The van der Waals surface area contributed by atoms with Crippen LogP contribution in [-0.2, 0) is 65.4 Å². The van der Waals surface area contributed by atoms with E-state index in [1.165, 1.54) is 83.5 Å². The summed E-state index contributed by atoms with van der Waals surface area (Å²) in [4.78, 5) is 72.9. The van der Waals surface area contributed by atoms with E-state index in [2.05, 4.69) is 137 Å². The van der Waals surface area contributed by atoms with Crippen LogP contribution in [0.25, 0.3) is 0 Å². The van der Waals surface area contributed by atoms with E-state index in [9.17, 15) is 43.2 Å². The third-order valence-corrected chi connectivity index (χ3v) is 18.3. The van der Waals surface area contributed by atoms with Crippen molar-refractivity contribution < 1.29 is 80.2 Å². The van der Waals surface area contributed by atoms with Crippen molar-refractivity contribution in [3.05, 3.63) is 122 Å². The van der Waals surface area contributed by atoms with Crippen molar-refractivity contribution in [1.82, 2.24) is 0 Å². The smallest absolute Gasteiger partial charge is 0.462 e. The van der Waals surface area contributed by atoms with Crippen LogP contribution in [0.5, 0.6) is 0 Å². The molecule has 0 heterocycles. The third kappa shape index (κ3) is 73.8. The number of phosphoric ester groups is 2. The zero-order valence-electron chi connectivity index (χ0n) is 64.0. The zero-order valence-corrected chi connectivity index (χ0v) is 65.8. The van der Waals surface area contributed by atoms with E-state index in [4.69, 9.17) is 37.0 Å². The summed E-state index contributed by atoms with van der Waals surface area (Å²) in [5, 5.41) is 10.6. The van der Waals surface area contributed by atoms with Crippen LogP contribution in [0, 0.1) is 0 Å². The van der Waals surface area contributed by atoms with Crippen LogP contribution in [-0.4, -0.2) is 96.7 Å². The van der Waals surface area contributed by atoms with Gasteiger partial charge in [0.2, 0.25) is 0 Å². The first-order valence-corrected chi connectivity index (χ1v) is 42.8. The highest BCUT2D eigenvalue weighted by molar-refractivity contribution is 7.47. The molecule has 0 bridgehead atoms. The van der Waals surface area contributed by atoms with Crippen LogP contribution < -0.4 is 0 Å². The SMILES string of the molecule is CC/C=C\C/C=C\C/C=C\C/C=C\CCCCCCC(=O)OC[C@H](COP(=O)(O)OCC(O)COP(=O)(O)OC[C@@H](COC(=O)CCCCCCC/C=C\C/C=C\CCCCC)OC(=O)CCCCCCC/C=C\CCCCCC)OC(=O)CCC/C=C\C/C=C\C/C=C\CCCCCCCC. The second-order valence-electron chi connectivity index (χ2n) is 26.3. The fourth-order valence-corrected chi connectivity index (χ4v) is 11.9. The van der Waals surface area contributed by atoms with Crippen LogP contribution in [0.4, 0.5) is 0 Å². The summed E-state index contributed by atoms with van der Waals surface area (Å²) in [6, 6.07) is 0. The quantitative estimate of drug-likeness (QED) is 0.0169. The van der Waals surface area contributed by atoms with Gasteiger partial charge in [-0.05, 0) is 154 Å². The lowest BCUT2D eigenvalue weighted by molar-refractivity contribution is -0.161. The number of rotatable bonds is 74. The van der Waals surface area contributed by atoms with E-state index in [-0.39, 0.29) is 25.7 Å². The number of esters is 4. The number of aliphatic hydroxyl groups is 1. The topological polar surface area (TPSA) is 237 Å². The van der Waals surface area contributed by atoms with Crippen LogP contribution >= 0.6 is 15.6 Å². The van der Waals surface area contributed by atoms with Crippen molar-refractivity contribution in [2.24, 2.45) is 0 Å². The van der Waals surface area contributed by atoms with Crippen LogP contribution in [0.1, 0.15) is 323 Å². The first-order valence-electron chi connectivity index (χ1n) is 39.8. The highest BCUT2D eigenvalue weighted by Gasteiger charge is 2.30. The number of hydrogen-bond donors (Lipinski definition) is 3. The number of ether oxygens (including phenoxy) is 4. The number of carbonyl (C=O) groups excluding carboxylic acids is 4. The second kappa shape index (κ2) is 74.7. The van der Waals surface area contributed by atoms with Gasteiger partial charge in [0.1, 0.15) is 19.3 Å². The molecule has 0 radical (unpaired) electrons. The lowest BCUT2D eigenvalue weighted by Crippen LogP contribution is -2.30. The van der Waals surface area contributed by atoms with Crippen LogP contribution in [0.2, 0.25) is 0 Å². The first-order chi connectivity index (χ1) is 49.7. The van der Waals surface area contributed by atoms with Gasteiger partial charge in [0.15, 0.2) is 12.2 Å². The predicted molar refractivity (Wildman–Crippen MR) is 418 cm³/mol. The molecule has 0 saturated carbocycles. The zero-order chi connectivity index (χ0) is 74.6. The van der Waals surface area contributed by atoms with Crippen molar-refractivity contribution in [2.45, 2.75) is 341 Å². The molecule has 0 aromatic carbocycles. The lowest BCUT2D eigenvalue weighted by atomic mass is 10.1. The molecule has 0 aliphatic carbocycles. The van der Waals surface area contributed by atoms with E-state index < -0.39 is 97.5 Å². The van der Waals surface area contributed by atoms with Crippen LogP contribution in [0.15, 0.2) is 122 Å². The number of phosphoric acid groups is 2. The van der Waals surface area contributed by atoms with Crippen molar-refractivity contribution >= 4 is 39.5 Å². The fraction of sp³-hybridized carbons (Fsp3) is 0.711. The lowest BCUT2D eigenvalue weighted by Gasteiger charge is -2.21. The summed E-state index contributed by atoms with van der Waals surface area (Å²) < 4.78 is 68.5. The Hall–Kier alpha value is -4.54. The van der Waals surface area contributed by atoms with Gasteiger partial charge in [0.25, 0.3) is 0 Å². The molecule has 5 atom stereocenters. The second-order valence-corrected chi connectivity index (χ2v) is 29.2. The molecular formula is C83H142O17P2. The maximum absolute atomic E-state index is 13.1. The Morgan fingerprint density at radius 1 is 0.284 bits per heavy atom. The van der Waals surface area contributed by atoms with Gasteiger partial charge >= 0.3 is 39.5 Å². The minimum Gasteiger partial charge on any atom is -0.462 e. The highest BCUT2D eigenvalue weighted by Crippen LogP contribution is 2.45.